The van der Waals surface area contributed by atoms with E-state index in [2.05, 4.69) is 14.5 Å². The quantitative estimate of drug-likeness (QED) is 0.804. The van der Waals surface area contributed by atoms with E-state index in [9.17, 15) is 14.4 Å². The Morgan fingerprint density at radius 3 is 2.33 bits per heavy atom. The molecule has 0 saturated heterocycles. The lowest BCUT2D eigenvalue weighted by molar-refractivity contribution is 0.0553. The fraction of sp³-hybridized carbons (Fsp3) is 0.417. The van der Waals surface area contributed by atoms with Gasteiger partial charge in [-0.2, -0.15) is 0 Å². The summed E-state index contributed by atoms with van der Waals surface area (Å²) in [6.07, 6.45) is 1.76. The molecule has 2 rings (SSSR count). The number of aromatic amines is 1. The van der Waals surface area contributed by atoms with Crippen LogP contribution >= 0.6 is 0 Å². The minimum absolute atomic E-state index is 0.0463. The minimum Gasteiger partial charge on any atom is -0.465 e. The molecule has 0 unspecified atom stereocenters. The number of nitrogens with one attached hydrogen (secondary N) is 1. The molecule has 0 atom stereocenters. The van der Waals surface area contributed by atoms with Crippen LogP contribution in [-0.2, 0) is 9.47 Å². The first-order valence-electron chi connectivity index (χ1n) is 5.52. The molecular weight excluding hydrogens is 238 g/mol. The number of rotatable bonds is 3. The van der Waals surface area contributed by atoms with Crippen LogP contribution in [0.25, 0.3) is 0 Å². The highest BCUT2D eigenvalue weighted by atomic mass is 16.5. The van der Waals surface area contributed by atoms with E-state index in [1.165, 1.54) is 14.2 Å². The van der Waals surface area contributed by atoms with Crippen molar-refractivity contribution in [2.75, 3.05) is 14.2 Å². The highest BCUT2D eigenvalue weighted by Crippen LogP contribution is 2.40. The Morgan fingerprint density at radius 2 is 1.83 bits per heavy atom. The molecule has 1 aromatic heterocycles. The van der Waals surface area contributed by atoms with Gasteiger partial charge in [0.05, 0.1) is 25.3 Å². The molecule has 18 heavy (non-hydrogen) atoms. The lowest BCUT2D eigenvalue weighted by atomic mass is 10.0. The topological polar surface area (TPSA) is 85.5 Å². The van der Waals surface area contributed by atoms with Gasteiger partial charge < -0.3 is 14.5 Å². The number of hydrogen-bond donors (Lipinski definition) is 1. The third-order valence-electron chi connectivity index (χ3n) is 2.85. The molecule has 0 aromatic carbocycles. The zero-order valence-electron chi connectivity index (χ0n) is 10.1. The Morgan fingerprint density at radius 1 is 1.22 bits per heavy atom. The highest BCUT2D eigenvalue weighted by molar-refractivity contribution is 6.03. The fourth-order valence-corrected chi connectivity index (χ4v) is 1.85. The summed E-state index contributed by atoms with van der Waals surface area (Å²) >= 11 is 0. The van der Waals surface area contributed by atoms with E-state index in [1.807, 2.05) is 0 Å². The Labute approximate surface area is 103 Å². The van der Waals surface area contributed by atoms with Crippen molar-refractivity contribution in [1.82, 2.24) is 4.98 Å². The second-order valence-electron chi connectivity index (χ2n) is 4.09. The van der Waals surface area contributed by atoms with Crippen molar-refractivity contribution in [3.05, 3.63) is 33.2 Å². The predicted molar refractivity (Wildman–Crippen MR) is 61.7 cm³/mol. The van der Waals surface area contributed by atoms with Crippen molar-refractivity contribution < 1.29 is 19.1 Å². The first-order chi connectivity index (χ1) is 8.58. The summed E-state index contributed by atoms with van der Waals surface area (Å²) in [6, 6.07) is 1.06. The Balaban J connectivity index is 2.66. The van der Waals surface area contributed by atoms with Gasteiger partial charge in [0.1, 0.15) is 0 Å². The van der Waals surface area contributed by atoms with E-state index in [-0.39, 0.29) is 17.0 Å². The van der Waals surface area contributed by atoms with Crippen molar-refractivity contribution >= 4 is 11.9 Å². The van der Waals surface area contributed by atoms with Gasteiger partial charge in [0.25, 0.3) is 0 Å². The van der Waals surface area contributed by atoms with E-state index < -0.39 is 17.5 Å². The molecule has 1 aliphatic rings. The third-order valence-corrected chi connectivity index (χ3v) is 2.85. The van der Waals surface area contributed by atoms with Crippen molar-refractivity contribution in [2.45, 2.75) is 18.8 Å². The van der Waals surface area contributed by atoms with Crippen LogP contribution in [0.2, 0.25) is 0 Å². The van der Waals surface area contributed by atoms with Crippen molar-refractivity contribution in [3.8, 4) is 0 Å². The fourth-order valence-electron chi connectivity index (χ4n) is 1.85. The Hall–Kier alpha value is -2.11. The molecule has 0 amide bonds. The summed E-state index contributed by atoms with van der Waals surface area (Å²) in [6.45, 7) is 0. The molecule has 0 aliphatic heterocycles. The maximum absolute atomic E-state index is 11.8. The molecule has 96 valence electrons. The molecule has 1 aromatic rings. The highest BCUT2D eigenvalue weighted by Gasteiger charge is 2.33. The average molecular weight is 251 g/mol. The summed E-state index contributed by atoms with van der Waals surface area (Å²) in [5.41, 5.74) is 0.0983. The van der Waals surface area contributed by atoms with Gasteiger partial charge in [0.15, 0.2) is 0 Å². The summed E-state index contributed by atoms with van der Waals surface area (Å²) in [5.74, 6) is -1.26. The molecule has 1 fully saturated rings. The number of hydrogen-bond acceptors (Lipinski definition) is 5. The second kappa shape index (κ2) is 4.64. The van der Waals surface area contributed by atoms with Crippen molar-refractivity contribution in [1.29, 1.82) is 0 Å². The predicted octanol–water partition coefficient (Wildman–Crippen LogP) is 0.825. The number of methoxy groups -OCH3 is 2. The maximum atomic E-state index is 11.8. The van der Waals surface area contributed by atoms with Gasteiger partial charge >= 0.3 is 11.9 Å². The average Bonchev–Trinajstić information content (AvgIpc) is 3.20. The number of carbonyl (C=O) groups is 2. The zero-order chi connectivity index (χ0) is 13.3. The van der Waals surface area contributed by atoms with Gasteiger partial charge in [-0.1, -0.05) is 0 Å². The molecule has 0 radical (unpaired) electrons. The van der Waals surface area contributed by atoms with E-state index in [0.29, 0.717) is 5.69 Å². The standard InChI is InChI=1S/C12H13NO5/c1-17-11(15)7-5-8(14)13-10(6-3-4-6)9(7)12(16)18-2/h5-6H,3-4H2,1-2H3,(H,13,14). The molecule has 6 heteroatoms. The third kappa shape index (κ3) is 2.13. The molecule has 0 spiro atoms. The number of H-pyrrole nitrogens is 1. The van der Waals surface area contributed by atoms with E-state index >= 15 is 0 Å². The molecule has 1 heterocycles. The molecule has 1 N–H and O–H groups in total. The van der Waals surface area contributed by atoms with E-state index in [1.54, 1.807) is 0 Å². The van der Waals surface area contributed by atoms with Gasteiger partial charge in [0, 0.05) is 17.7 Å². The molecular formula is C12H13NO5. The molecule has 1 aliphatic carbocycles. The van der Waals surface area contributed by atoms with E-state index in [4.69, 9.17) is 0 Å². The van der Waals surface area contributed by atoms with Crippen LogP contribution in [0, 0.1) is 0 Å². The van der Waals surface area contributed by atoms with Crippen LogP contribution in [0.5, 0.6) is 0 Å². The van der Waals surface area contributed by atoms with Crippen LogP contribution in [0.1, 0.15) is 45.2 Å². The molecule has 6 nitrogen and oxygen atoms in total. The van der Waals surface area contributed by atoms with Gasteiger partial charge in [-0.05, 0) is 12.8 Å². The molecule has 0 bridgehead atoms. The number of ether oxygens (including phenoxy) is 2. The molecule has 1 saturated carbocycles. The number of carbonyl (C=O) groups excluding carboxylic acids is 2. The largest absolute Gasteiger partial charge is 0.465 e. The van der Waals surface area contributed by atoms with Crippen LogP contribution in [0.4, 0.5) is 0 Å². The summed E-state index contributed by atoms with van der Waals surface area (Å²) in [4.78, 5) is 37.5. The van der Waals surface area contributed by atoms with Crippen LogP contribution in [0.3, 0.4) is 0 Å². The van der Waals surface area contributed by atoms with Gasteiger partial charge in [-0.25, -0.2) is 9.59 Å². The second-order valence-corrected chi connectivity index (χ2v) is 4.09. The minimum atomic E-state index is -0.719. The summed E-state index contributed by atoms with van der Waals surface area (Å²) in [7, 11) is 2.42. The monoisotopic (exact) mass is 251 g/mol. The van der Waals surface area contributed by atoms with Gasteiger partial charge in [0.2, 0.25) is 5.56 Å². The van der Waals surface area contributed by atoms with Crippen molar-refractivity contribution in [3.63, 3.8) is 0 Å². The van der Waals surface area contributed by atoms with Crippen molar-refractivity contribution in [2.24, 2.45) is 0 Å². The maximum Gasteiger partial charge on any atom is 0.340 e. The van der Waals surface area contributed by atoms with E-state index in [0.717, 1.165) is 18.9 Å². The smallest absolute Gasteiger partial charge is 0.340 e. The normalized spacial score (nSPS) is 14.1. The number of esters is 2. The summed E-state index contributed by atoms with van der Waals surface area (Å²) in [5, 5.41) is 0. The first kappa shape index (κ1) is 12.3. The lowest BCUT2D eigenvalue weighted by Crippen LogP contribution is -2.21. The first-order valence-corrected chi connectivity index (χ1v) is 5.52. The number of aromatic nitrogens is 1. The van der Waals surface area contributed by atoms with Crippen LogP contribution in [-0.4, -0.2) is 31.1 Å². The summed E-state index contributed by atoms with van der Waals surface area (Å²) < 4.78 is 9.24. The lowest BCUT2D eigenvalue weighted by Gasteiger charge is -2.10. The van der Waals surface area contributed by atoms with Gasteiger partial charge in [-0.15, -0.1) is 0 Å². The van der Waals surface area contributed by atoms with Gasteiger partial charge in [-0.3, -0.25) is 4.79 Å². The van der Waals surface area contributed by atoms with Crippen LogP contribution in [0.15, 0.2) is 10.9 Å². The van der Waals surface area contributed by atoms with Crippen LogP contribution < -0.4 is 5.56 Å². The zero-order valence-corrected chi connectivity index (χ0v) is 10.1. The Bertz CT molecular complexity index is 556. The SMILES string of the molecule is COC(=O)c1cc(=O)[nH]c(C2CC2)c1C(=O)OC. The Kier molecular flexibility index (Phi) is 3.18. The number of pyridine rings is 1.